The molecule has 1 amide bonds. The second kappa shape index (κ2) is 8.50. The van der Waals surface area contributed by atoms with E-state index in [9.17, 15) is 13.6 Å². The molecule has 3 aromatic rings. The molecular formula is C24H26F2N6O2. The lowest BCUT2D eigenvalue weighted by Gasteiger charge is -2.46. The Bertz CT molecular complexity index is 1230. The minimum Gasteiger partial charge on any atom is -0.374 e. The number of nitrogens with zero attached hydrogens (tertiary/aromatic N) is 5. The van der Waals surface area contributed by atoms with Crippen LogP contribution in [0.4, 0.5) is 8.78 Å². The zero-order valence-corrected chi connectivity index (χ0v) is 19.3. The summed E-state index contributed by atoms with van der Waals surface area (Å²) in [6.07, 6.45) is 1.32. The van der Waals surface area contributed by atoms with Crippen molar-refractivity contribution < 1.29 is 18.3 Å². The highest BCUT2D eigenvalue weighted by atomic mass is 19.1. The SMILES string of the molecule is Cc1nc(C(=O)N2CCO[C@@H]([C@@]3(C)CC[C@H](C)c4cc(-c5c(F)cccc5F)nnc43)C2)n[nH]1. The van der Waals surface area contributed by atoms with Crippen LogP contribution in [0.1, 0.15) is 60.3 Å². The Kier molecular flexibility index (Phi) is 5.63. The maximum atomic E-state index is 14.4. The van der Waals surface area contributed by atoms with E-state index in [0.29, 0.717) is 25.5 Å². The number of carbonyl (C=O) groups excluding carboxylic acids is 1. The van der Waals surface area contributed by atoms with E-state index in [1.165, 1.54) is 18.2 Å². The fourth-order valence-corrected chi connectivity index (χ4v) is 4.99. The van der Waals surface area contributed by atoms with Crippen molar-refractivity contribution in [2.75, 3.05) is 19.7 Å². The molecule has 0 spiro atoms. The average molecular weight is 469 g/mol. The Labute approximate surface area is 195 Å². The van der Waals surface area contributed by atoms with Gasteiger partial charge in [0.1, 0.15) is 17.5 Å². The van der Waals surface area contributed by atoms with Crippen molar-refractivity contribution in [1.82, 2.24) is 30.3 Å². The number of ether oxygens (including phenoxy) is 1. The summed E-state index contributed by atoms with van der Waals surface area (Å²) in [5, 5.41) is 15.4. The molecule has 34 heavy (non-hydrogen) atoms. The molecule has 5 rings (SSSR count). The van der Waals surface area contributed by atoms with Crippen LogP contribution in [0.25, 0.3) is 11.3 Å². The molecule has 1 aliphatic heterocycles. The first-order valence-corrected chi connectivity index (χ1v) is 11.4. The van der Waals surface area contributed by atoms with Gasteiger partial charge in [0.15, 0.2) is 0 Å². The molecule has 0 unspecified atom stereocenters. The van der Waals surface area contributed by atoms with E-state index in [0.717, 1.165) is 24.1 Å². The largest absolute Gasteiger partial charge is 0.374 e. The summed E-state index contributed by atoms with van der Waals surface area (Å²) in [6.45, 7) is 7.07. The number of hydrogen-bond acceptors (Lipinski definition) is 6. The first kappa shape index (κ1) is 22.5. The fourth-order valence-electron chi connectivity index (χ4n) is 4.99. The topological polar surface area (TPSA) is 96.9 Å². The fraction of sp³-hybridized carbons (Fsp3) is 0.458. The van der Waals surface area contributed by atoms with Gasteiger partial charge in [0.25, 0.3) is 5.91 Å². The van der Waals surface area contributed by atoms with E-state index in [4.69, 9.17) is 4.74 Å². The van der Waals surface area contributed by atoms with Gasteiger partial charge in [-0.15, -0.1) is 5.10 Å². The first-order valence-electron chi connectivity index (χ1n) is 11.4. The maximum Gasteiger partial charge on any atom is 0.293 e. The highest BCUT2D eigenvalue weighted by molar-refractivity contribution is 5.90. The summed E-state index contributed by atoms with van der Waals surface area (Å²) >= 11 is 0. The van der Waals surface area contributed by atoms with Crippen molar-refractivity contribution in [3.63, 3.8) is 0 Å². The van der Waals surface area contributed by atoms with E-state index in [1.54, 1.807) is 17.9 Å². The van der Waals surface area contributed by atoms with E-state index in [1.807, 2.05) is 0 Å². The van der Waals surface area contributed by atoms with Gasteiger partial charge in [-0.1, -0.05) is 19.9 Å². The molecule has 0 radical (unpaired) electrons. The number of aryl methyl sites for hydroxylation is 1. The van der Waals surface area contributed by atoms with Crippen molar-refractivity contribution in [2.45, 2.75) is 51.0 Å². The van der Waals surface area contributed by atoms with Crippen molar-refractivity contribution >= 4 is 5.91 Å². The molecule has 0 bridgehead atoms. The van der Waals surface area contributed by atoms with Crippen LogP contribution in [0.15, 0.2) is 24.3 Å². The molecule has 10 heteroatoms. The Morgan fingerprint density at radius 3 is 2.74 bits per heavy atom. The van der Waals surface area contributed by atoms with Gasteiger partial charge in [0.2, 0.25) is 5.82 Å². The predicted octanol–water partition coefficient (Wildman–Crippen LogP) is 3.54. The van der Waals surface area contributed by atoms with Crippen molar-refractivity contribution in [2.24, 2.45) is 0 Å². The standard InChI is InChI=1S/C24H26F2N6O2/c1-13-7-8-24(3,19-12-32(9-10-34-19)23(33)22-27-14(2)28-31-22)21-15(13)11-18(29-30-21)20-16(25)5-4-6-17(20)26/h4-6,11,13,19H,7-10,12H2,1-3H3,(H,27,28,31)/t13-,19+,24+/m0/s1. The molecule has 1 N–H and O–H groups in total. The number of nitrogens with one attached hydrogen (secondary N) is 1. The van der Waals surface area contributed by atoms with Crippen LogP contribution in [-0.4, -0.2) is 62.0 Å². The normalized spacial score (nSPS) is 24.7. The minimum absolute atomic E-state index is 0.136. The smallest absolute Gasteiger partial charge is 0.293 e. The number of aromatic nitrogens is 5. The summed E-state index contributed by atoms with van der Waals surface area (Å²) in [7, 11) is 0. The van der Waals surface area contributed by atoms with Gasteiger partial charge in [-0.25, -0.2) is 13.8 Å². The number of amides is 1. The van der Waals surface area contributed by atoms with Gasteiger partial charge in [-0.05, 0) is 49.4 Å². The number of aromatic amines is 1. The third-order valence-electron chi connectivity index (χ3n) is 7.06. The number of hydrogen-bond donors (Lipinski definition) is 1. The second-order valence-corrected chi connectivity index (χ2v) is 9.34. The van der Waals surface area contributed by atoms with Crippen LogP contribution in [0.3, 0.4) is 0 Å². The lowest BCUT2D eigenvalue weighted by Crippen LogP contribution is -2.54. The van der Waals surface area contributed by atoms with Gasteiger partial charge in [0, 0.05) is 18.5 Å². The van der Waals surface area contributed by atoms with Crippen LogP contribution < -0.4 is 0 Å². The van der Waals surface area contributed by atoms with Crippen LogP contribution in [0.5, 0.6) is 0 Å². The Balaban J connectivity index is 1.47. The summed E-state index contributed by atoms with van der Waals surface area (Å²) in [5.41, 5.74) is 1.13. The molecule has 2 aliphatic rings. The zero-order valence-electron chi connectivity index (χ0n) is 19.3. The quantitative estimate of drug-likeness (QED) is 0.632. The van der Waals surface area contributed by atoms with E-state index < -0.39 is 17.0 Å². The van der Waals surface area contributed by atoms with Crippen LogP contribution in [-0.2, 0) is 10.2 Å². The van der Waals surface area contributed by atoms with Gasteiger partial charge in [-0.2, -0.15) is 10.2 Å². The van der Waals surface area contributed by atoms with Crippen LogP contribution in [0, 0.1) is 18.6 Å². The van der Waals surface area contributed by atoms with Gasteiger partial charge in [0.05, 0.1) is 29.7 Å². The second-order valence-electron chi connectivity index (χ2n) is 9.34. The molecule has 1 saturated heterocycles. The monoisotopic (exact) mass is 468 g/mol. The number of rotatable bonds is 3. The number of carbonyl (C=O) groups is 1. The first-order chi connectivity index (χ1) is 16.3. The average Bonchev–Trinajstić information content (AvgIpc) is 3.27. The van der Waals surface area contributed by atoms with Crippen molar-refractivity contribution in [3.8, 4) is 11.3 Å². The Morgan fingerprint density at radius 2 is 2.03 bits per heavy atom. The molecule has 3 heterocycles. The van der Waals surface area contributed by atoms with Gasteiger partial charge < -0.3 is 9.64 Å². The molecule has 1 aliphatic carbocycles. The number of fused-ring (bicyclic) bond motifs is 1. The Morgan fingerprint density at radius 1 is 1.26 bits per heavy atom. The summed E-state index contributed by atoms with van der Waals surface area (Å²) in [4.78, 5) is 18.8. The summed E-state index contributed by atoms with van der Waals surface area (Å²) in [6, 6.07) is 5.50. The molecule has 178 valence electrons. The molecule has 3 atom stereocenters. The number of H-pyrrole nitrogens is 1. The van der Waals surface area contributed by atoms with E-state index >= 15 is 0 Å². The lowest BCUT2D eigenvalue weighted by molar-refractivity contribution is -0.0630. The van der Waals surface area contributed by atoms with Gasteiger partial charge >= 0.3 is 0 Å². The molecule has 1 aromatic carbocycles. The van der Waals surface area contributed by atoms with Gasteiger partial charge in [-0.3, -0.25) is 9.89 Å². The van der Waals surface area contributed by atoms with Crippen LogP contribution in [0.2, 0.25) is 0 Å². The van der Waals surface area contributed by atoms with Crippen molar-refractivity contribution in [1.29, 1.82) is 0 Å². The van der Waals surface area contributed by atoms with Crippen LogP contribution >= 0.6 is 0 Å². The number of morpholine rings is 1. The molecule has 1 fully saturated rings. The molecule has 8 nitrogen and oxygen atoms in total. The Hall–Kier alpha value is -3.27. The lowest BCUT2D eigenvalue weighted by atomic mass is 9.67. The van der Waals surface area contributed by atoms with E-state index in [-0.39, 0.29) is 35.0 Å². The highest BCUT2D eigenvalue weighted by Crippen LogP contribution is 2.46. The highest BCUT2D eigenvalue weighted by Gasteiger charge is 2.46. The summed E-state index contributed by atoms with van der Waals surface area (Å²) in [5.74, 6) is -0.739. The molecule has 0 saturated carbocycles. The maximum absolute atomic E-state index is 14.4. The minimum atomic E-state index is -0.674. The third kappa shape index (κ3) is 3.75. The predicted molar refractivity (Wildman–Crippen MR) is 119 cm³/mol. The van der Waals surface area contributed by atoms with E-state index in [2.05, 4.69) is 39.2 Å². The molecular weight excluding hydrogens is 442 g/mol. The third-order valence-corrected chi connectivity index (χ3v) is 7.06. The zero-order chi connectivity index (χ0) is 24.0. The number of benzene rings is 1. The molecule has 2 aromatic heterocycles. The number of halogens is 2. The summed E-state index contributed by atoms with van der Waals surface area (Å²) < 4.78 is 34.9. The van der Waals surface area contributed by atoms with Crippen molar-refractivity contribution in [3.05, 3.63) is 58.8 Å².